The number of aliphatic hydroxyl groups excluding tert-OH is 2. The molecule has 3 heteroatoms. The first-order chi connectivity index (χ1) is 10.2. The fraction of sp³-hybridized carbons (Fsp3) is 0.667. The zero-order chi connectivity index (χ0) is 15.5. The van der Waals surface area contributed by atoms with E-state index in [-0.39, 0.29) is 6.61 Å². The Kier molecular flexibility index (Phi) is 9.11. The first kappa shape index (κ1) is 18.0. The Bertz CT molecular complexity index is 361. The van der Waals surface area contributed by atoms with E-state index in [0.29, 0.717) is 18.9 Å². The van der Waals surface area contributed by atoms with Gasteiger partial charge in [0.25, 0.3) is 0 Å². The van der Waals surface area contributed by atoms with Crippen LogP contribution in [0.15, 0.2) is 24.3 Å². The highest BCUT2D eigenvalue weighted by Crippen LogP contribution is 2.25. The average molecular weight is 294 g/mol. The molecule has 0 radical (unpaired) electrons. The van der Waals surface area contributed by atoms with E-state index < -0.39 is 6.10 Å². The number of unbranched alkanes of at least 4 members (excludes halogenated alkanes) is 2. The average Bonchev–Trinajstić information content (AvgIpc) is 2.51. The van der Waals surface area contributed by atoms with Gasteiger partial charge in [-0.25, -0.2) is 0 Å². The van der Waals surface area contributed by atoms with E-state index in [1.807, 2.05) is 31.2 Å². The highest BCUT2D eigenvalue weighted by atomic mass is 16.5. The molecule has 1 aromatic carbocycles. The molecule has 0 heterocycles. The number of ether oxygens (including phenoxy) is 1. The molecule has 1 aromatic rings. The van der Waals surface area contributed by atoms with Gasteiger partial charge in [0, 0.05) is 6.61 Å². The monoisotopic (exact) mass is 294 g/mol. The van der Waals surface area contributed by atoms with Crippen molar-refractivity contribution < 1.29 is 14.9 Å². The minimum absolute atomic E-state index is 0.222. The first-order valence-electron chi connectivity index (χ1n) is 8.22. The maximum absolute atomic E-state index is 10.2. The van der Waals surface area contributed by atoms with Crippen molar-refractivity contribution >= 4 is 0 Å². The van der Waals surface area contributed by atoms with Crippen LogP contribution in [0.5, 0.6) is 5.75 Å². The Labute approximate surface area is 129 Å². The van der Waals surface area contributed by atoms with Crippen LogP contribution < -0.4 is 4.74 Å². The molecule has 0 aliphatic heterocycles. The molecule has 0 spiro atoms. The normalized spacial score (nSPS) is 13.9. The van der Waals surface area contributed by atoms with Crippen molar-refractivity contribution in [2.24, 2.45) is 5.92 Å². The number of aliphatic hydroxyl groups is 2. The summed E-state index contributed by atoms with van der Waals surface area (Å²) >= 11 is 0. The quantitative estimate of drug-likeness (QED) is 0.604. The summed E-state index contributed by atoms with van der Waals surface area (Å²) in [6, 6.07) is 7.63. The molecule has 1 rings (SSSR count). The fourth-order valence-electron chi connectivity index (χ4n) is 2.52. The van der Waals surface area contributed by atoms with Gasteiger partial charge in [-0.15, -0.1) is 0 Å². The van der Waals surface area contributed by atoms with Gasteiger partial charge >= 0.3 is 0 Å². The summed E-state index contributed by atoms with van der Waals surface area (Å²) in [5.41, 5.74) is 0.920. The molecule has 3 nitrogen and oxygen atoms in total. The largest absolute Gasteiger partial charge is 0.494 e. The molecule has 0 aromatic heterocycles. The molecule has 120 valence electrons. The van der Waals surface area contributed by atoms with Gasteiger partial charge in [0.2, 0.25) is 0 Å². The molecule has 2 atom stereocenters. The van der Waals surface area contributed by atoms with Gasteiger partial charge in [-0.1, -0.05) is 38.3 Å². The van der Waals surface area contributed by atoms with Crippen LogP contribution in [0.3, 0.4) is 0 Å². The van der Waals surface area contributed by atoms with Crippen LogP contribution in [0.2, 0.25) is 0 Å². The van der Waals surface area contributed by atoms with E-state index in [9.17, 15) is 10.2 Å². The van der Waals surface area contributed by atoms with Crippen molar-refractivity contribution in [1.82, 2.24) is 0 Å². The predicted octanol–water partition coefficient (Wildman–Crippen LogP) is 4.09. The third-order valence-electron chi connectivity index (χ3n) is 3.90. The zero-order valence-electron chi connectivity index (χ0n) is 13.4. The smallest absolute Gasteiger partial charge is 0.119 e. The van der Waals surface area contributed by atoms with Crippen LogP contribution in [0.1, 0.15) is 64.0 Å². The number of hydrogen-bond donors (Lipinski definition) is 2. The Morgan fingerprint density at radius 1 is 1.00 bits per heavy atom. The molecule has 2 N–H and O–H groups in total. The lowest BCUT2D eigenvalue weighted by atomic mass is 9.94. The molecular weight excluding hydrogens is 264 g/mol. The van der Waals surface area contributed by atoms with Gasteiger partial charge in [0.05, 0.1) is 12.7 Å². The van der Waals surface area contributed by atoms with Crippen molar-refractivity contribution in [3.05, 3.63) is 29.8 Å². The second kappa shape index (κ2) is 10.6. The first-order valence-corrected chi connectivity index (χ1v) is 8.22. The van der Waals surface area contributed by atoms with E-state index in [2.05, 4.69) is 6.92 Å². The summed E-state index contributed by atoms with van der Waals surface area (Å²) in [5, 5.41) is 19.6. The van der Waals surface area contributed by atoms with E-state index in [4.69, 9.17) is 4.74 Å². The summed E-state index contributed by atoms with van der Waals surface area (Å²) in [6.45, 7) is 5.01. The fourth-order valence-corrected chi connectivity index (χ4v) is 2.52. The lowest BCUT2D eigenvalue weighted by molar-refractivity contribution is 0.139. The topological polar surface area (TPSA) is 49.7 Å². The Morgan fingerprint density at radius 2 is 1.71 bits per heavy atom. The third kappa shape index (κ3) is 6.96. The van der Waals surface area contributed by atoms with Gasteiger partial charge in [-0.3, -0.25) is 0 Å². The molecule has 0 aliphatic carbocycles. The predicted molar refractivity (Wildman–Crippen MR) is 86.5 cm³/mol. The van der Waals surface area contributed by atoms with Gasteiger partial charge in [-0.05, 0) is 49.8 Å². The van der Waals surface area contributed by atoms with Crippen molar-refractivity contribution in [2.45, 2.75) is 58.5 Å². The minimum Gasteiger partial charge on any atom is -0.494 e. The summed E-state index contributed by atoms with van der Waals surface area (Å²) in [6.07, 6.45) is 5.76. The molecule has 0 fully saturated rings. The van der Waals surface area contributed by atoms with Gasteiger partial charge in [0.1, 0.15) is 5.75 Å². The molecule has 0 saturated heterocycles. The van der Waals surface area contributed by atoms with E-state index in [0.717, 1.165) is 24.2 Å². The summed E-state index contributed by atoms with van der Waals surface area (Å²) in [5.74, 6) is 1.15. The molecule has 0 bridgehead atoms. The molecule has 0 aliphatic rings. The summed E-state index contributed by atoms with van der Waals surface area (Å²) < 4.78 is 5.40. The molecule has 21 heavy (non-hydrogen) atoms. The van der Waals surface area contributed by atoms with Crippen molar-refractivity contribution in [2.75, 3.05) is 13.2 Å². The van der Waals surface area contributed by atoms with Crippen LogP contribution in [0.25, 0.3) is 0 Å². The highest BCUT2D eigenvalue weighted by Gasteiger charge is 2.12. The number of rotatable bonds is 11. The Hall–Kier alpha value is -1.06. The third-order valence-corrected chi connectivity index (χ3v) is 3.90. The van der Waals surface area contributed by atoms with Crippen LogP contribution >= 0.6 is 0 Å². The van der Waals surface area contributed by atoms with Crippen LogP contribution in [0, 0.1) is 5.92 Å². The lowest BCUT2D eigenvalue weighted by Crippen LogP contribution is -2.09. The minimum atomic E-state index is -0.457. The zero-order valence-corrected chi connectivity index (χ0v) is 13.4. The van der Waals surface area contributed by atoms with Crippen LogP contribution in [-0.4, -0.2) is 23.4 Å². The number of benzene rings is 1. The number of hydrogen-bond acceptors (Lipinski definition) is 3. The second-order valence-electron chi connectivity index (χ2n) is 5.64. The molecular formula is C18H30O3. The summed E-state index contributed by atoms with van der Waals surface area (Å²) in [7, 11) is 0. The maximum Gasteiger partial charge on any atom is 0.119 e. The van der Waals surface area contributed by atoms with Crippen molar-refractivity contribution in [3.8, 4) is 5.75 Å². The van der Waals surface area contributed by atoms with Crippen LogP contribution in [-0.2, 0) is 0 Å². The van der Waals surface area contributed by atoms with E-state index >= 15 is 0 Å². The van der Waals surface area contributed by atoms with Gasteiger partial charge in [-0.2, -0.15) is 0 Å². The van der Waals surface area contributed by atoms with Gasteiger partial charge in [0.15, 0.2) is 0 Å². The SMILES string of the molecule is CCCCCC(CO)CCC(O)c1ccc(OCC)cc1. The van der Waals surface area contributed by atoms with Crippen molar-refractivity contribution in [1.29, 1.82) is 0 Å². The van der Waals surface area contributed by atoms with Gasteiger partial charge < -0.3 is 14.9 Å². The lowest BCUT2D eigenvalue weighted by Gasteiger charge is -2.17. The van der Waals surface area contributed by atoms with E-state index in [1.165, 1.54) is 19.3 Å². The summed E-state index contributed by atoms with van der Waals surface area (Å²) in [4.78, 5) is 0. The highest BCUT2D eigenvalue weighted by molar-refractivity contribution is 5.28. The maximum atomic E-state index is 10.2. The molecule has 0 saturated carbocycles. The molecule has 0 amide bonds. The standard InChI is InChI=1S/C18H30O3/c1-3-5-6-7-15(14-19)8-13-18(20)16-9-11-17(12-10-16)21-4-2/h9-12,15,18-20H,3-8,13-14H2,1-2H3. The van der Waals surface area contributed by atoms with Crippen LogP contribution in [0.4, 0.5) is 0 Å². The van der Waals surface area contributed by atoms with E-state index in [1.54, 1.807) is 0 Å². The Balaban J connectivity index is 2.38. The Morgan fingerprint density at radius 3 is 2.29 bits per heavy atom. The second-order valence-corrected chi connectivity index (χ2v) is 5.64. The van der Waals surface area contributed by atoms with Crippen molar-refractivity contribution in [3.63, 3.8) is 0 Å². The molecule has 2 unspecified atom stereocenters.